The standard InChI is InChI=1S/C22H18N6/c1-15-10-26-28(13-15)18-11-24-21-25-12-20(27(21)14-18)22(6-7-22)17-4-5-19-16(9-17)3-2-8-23-19/h2-5,8-14H,6-7H2,1H3. The molecule has 5 aromatic rings. The summed E-state index contributed by atoms with van der Waals surface area (Å²) in [7, 11) is 0. The number of nitrogens with zero attached hydrogens (tertiary/aromatic N) is 6. The predicted molar refractivity (Wildman–Crippen MR) is 107 cm³/mol. The van der Waals surface area contributed by atoms with Crippen molar-refractivity contribution in [3.8, 4) is 5.69 Å². The average Bonchev–Trinajstić information content (AvgIpc) is 3.23. The van der Waals surface area contributed by atoms with Crippen LogP contribution < -0.4 is 0 Å². The summed E-state index contributed by atoms with van der Waals surface area (Å²) in [6, 6.07) is 10.7. The van der Waals surface area contributed by atoms with Gasteiger partial charge >= 0.3 is 0 Å². The second-order valence-electron chi connectivity index (χ2n) is 7.58. The van der Waals surface area contributed by atoms with Crippen LogP contribution in [-0.4, -0.2) is 29.1 Å². The van der Waals surface area contributed by atoms with Crippen molar-refractivity contribution in [2.75, 3.05) is 0 Å². The van der Waals surface area contributed by atoms with Gasteiger partial charge in [-0.1, -0.05) is 12.1 Å². The molecule has 28 heavy (non-hydrogen) atoms. The number of imidazole rings is 1. The fraction of sp³-hybridized carbons (Fsp3) is 0.182. The zero-order valence-electron chi connectivity index (χ0n) is 15.4. The Morgan fingerprint density at radius 1 is 0.964 bits per heavy atom. The SMILES string of the molecule is Cc1cnn(-c2cnc3ncc(C4(c5ccc6ncccc6c5)CC4)n3c2)c1. The largest absolute Gasteiger partial charge is 0.285 e. The third-order valence-corrected chi connectivity index (χ3v) is 5.72. The van der Waals surface area contributed by atoms with Crippen molar-refractivity contribution < 1.29 is 0 Å². The summed E-state index contributed by atoms with van der Waals surface area (Å²) in [6.45, 7) is 2.03. The number of pyridine rings is 1. The van der Waals surface area contributed by atoms with Crippen molar-refractivity contribution in [2.24, 2.45) is 0 Å². The van der Waals surface area contributed by atoms with Gasteiger partial charge in [-0.3, -0.25) is 9.38 Å². The van der Waals surface area contributed by atoms with Gasteiger partial charge in [-0.2, -0.15) is 5.10 Å². The van der Waals surface area contributed by atoms with E-state index in [1.165, 1.54) is 16.6 Å². The van der Waals surface area contributed by atoms with Crippen LogP contribution in [0.15, 0.2) is 67.5 Å². The Balaban J connectivity index is 1.51. The van der Waals surface area contributed by atoms with E-state index in [0.29, 0.717) is 0 Å². The van der Waals surface area contributed by atoms with Crippen molar-refractivity contribution in [1.29, 1.82) is 0 Å². The van der Waals surface area contributed by atoms with E-state index in [4.69, 9.17) is 0 Å². The maximum atomic E-state index is 4.56. The van der Waals surface area contributed by atoms with Crippen LogP contribution in [-0.2, 0) is 5.41 Å². The molecule has 1 aliphatic carbocycles. The molecular formula is C22H18N6. The maximum Gasteiger partial charge on any atom is 0.234 e. The van der Waals surface area contributed by atoms with Gasteiger partial charge in [0.15, 0.2) is 0 Å². The minimum atomic E-state index is -0.0101. The minimum Gasteiger partial charge on any atom is -0.285 e. The number of aromatic nitrogens is 6. The highest BCUT2D eigenvalue weighted by Crippen LogP contribution is 2.53. The summed E-state index contributed by atoms with van der Waals surface area (Å²) in [4.78, 5) is 13.6. The van der Waals surface area contributed by atoms with E-state index in [1.807, 2.05) is 48.7 Å². The number of aryl methyl sites for hydroxylation is 1. The van der Waals surface area contributed by atoms with Gasteiger partial charge in [0.25, 0.3) is 0 Å². The van der Waals surface area contributed by atoms with Crippen LogP contribution in [0.2, 0.25) is 0 Å². The Kier molecular flexibility index (Phi) is 3.04. The maximum absolute atomic E-state index is 4.56. The number of hydrogen-bond acceptors (Lipinski definition) is 4. The number of rotatable bonds is 3. The van der Waals surface area contributed by atoms with E-state index < -0.39 is 0 Å². The number of hydrogen-bond donors (Lipinski definition) is 0. The molecule has 1 aromatic carbocycles. The Hall–Kier alpha value is -3.54. The van der Waals surface area contributed by atoms with E-state index in [-0.39, 0.29) is 5.41 Å². The molecule has 0 radical (unpaired) electrons. The fourth-order valence-electron chi connectivity index (χ4n) is 4.08. The van der Waals surface area contributed by atoms with Crippen molar-refractivity contribution in [3.63, 3.8) is 0 Å². The van der Waals surface area contributed by atoms with E-state index in [0.717, 1.165) is 35.4 Å². The van der Waals surface area contributed by atoms with Crippen molar-refractivity contribution in [1.82, 2.24) is 29.1 Å². The van der Waals surface area contributed by atoms with Crippen molar-refractivity contribution in [3.05, 3.63) is 84.3 Å². The molecule has 0 saturated heterocycles. The fourth-order valence-corrected chi connectivity index (χ4v) is 4.08. The van der Waals surface area contributed by atoms with Gasteiger partial charge in [-0.05, 0) is 49.1 Å². The highest BCUT2D eigenvalue weighted by Gasteiger charge is 2.48. The summed E-state index contributed by atoms with van der Waals surface area (Å²) in [6.07, 6.45) is 13.8. The molecule has 1 fully saturated rings. The van der Waals surface area contributed by atoms with Gasteiger partial charge in [-0.15, -0.1) is 0 Å². The van der Waals surface area contributed by atoms with Gasteiger partial charge in [0, 0.05) is 29.4 Å². The molecule has 1 aliphatic rings. The Labute approximate surface area is 161 Å². The summed E-state index contributed by atoms with van der Waals surface area (Å²) in [5.74, 6) is 0.719. The first-order valence-corrected chi connectivity index (χ1v) is 9.43. The van der Waals surface area contributed by atoms with Crippen LogP contribution >= 0.6 is 0 Å². The van der Waals surface area contributed by atoms with Crippen LogP contribution in [0.3, 0.4) is 0 Å². The van der Waals surface area contributed by atoms with Gasteiger partial charge in [0.2, 0.25) is 5.78 Å². The molecule has 6 nitrogen and oxygen atoms in total. The monoisotopic (exact) mass is 366 g/mol. The first kappa shape index (κ1) is 15.5. The first-order chi connectivity index (χ1) is 13.7. The summed E-state index contributed by atoms with van der Waals surface area (Å²) in [5.41, 5.74) is 5.56. The third kappa shape index (κ3) is 2.21. The molecule has 0 N–H and O–H groups in total. The van der Waals surface area contributed by atoms with Gasteiger partial charge in [-0.25, -0.2) is 14.6 Å². The van der Waals surface area contributed by atoms with Crippen LogP contribution in [0.5, 0.6) is 0 Å². The van der Waals surface area contributed by atoms with E-state index >= 15 is 0 Å². The molecule has 0 atom stereocenters. The normalized spacial score (nSPS) is 15.3. The summed E-state index contributed by atoms with van der Waals surface area (Å²) >= 11 is 0. The summed E-state index contributed by atoms with van der Waals surface area (Å²) < 4.78 is 3.97. The highest BCUT2D eigenvalue weighted by molar-refractivity contribution is 5.79. The predicted octanol–water partition coefficient (Wildman–Crippen LogP) is 3.85. The Morgan fingerprint density at radius 2 is 1.86 bits per heavy atom. The first-order valence-electron chi connectivity index (χ1n) is 9.43. The summed E-state index contributed by atoms with van der Waals surface area (Å²) in [5, 5.41) is 5.59. The molecule has 4 aromatic heterocycles. The van der Waals surface area contributed by atoms with Gasteiger partial charge in [0.05, 0.1) is 35.5 Å². The molecule has 0 amide bonds. The lowest BCUT2D eigenvalue weighted by Gasteiger charge is -2.16. The molecule has 6 heteroatoms. The third-order valence-electron chi connectivity index (χ3n) is 5.72. The lowest BCUT2D eigenvalue weighted by Crippen LogP contribution is -2.12. The highest BCUT2D eigenvalue weighted by atomic mass is 15.3. The van der Waals surface area contributed by atoms with Crippen LogP contribution in [0.1, 0.15) is 29.7 Å². The van der Waals surface area contributed by atoms with Crippen LogP contribution in [0.25, 0.3) is 22.4 Å². The molecule has 0 unspecified atom stereocenters. The van der Waals surface area contributed by atoms with E-state index in [9.17, 15) is 0 Å². The Bertz CT molecular complexity index is 1340. The molecule has 0 aliphatic heterocycles. The van der Waals surface area contributed by atoms with Crippen LogP contribution in [0.4, 0.5) is 0 Å². The second-order valence-corrected chi connectivity index (χ2v) is 7.58. The van der Waals surface area contributed by atoms with E-state index in [2.05, 4.69) is 54.9 Å². The molecule has 0 bridgehead atoms. The zero-order valence-corrected chi connectivity index (χ0v) is 15.4. The molecule has 6 rings (SSSR count). The molecule has 0 spiro atoms. The van der Waals surface area contributed by atoms with Gasteiger partial charge in [0.1, 0.15) is 0 Å². The lowest BCUT2D eigenvalue weighted by atomic mass is 9.91. The number of fused-ring (bicyclic) bond motifs is 2. The molecule has 1 saturated carbocycles. The number of benzene rings is 1. The molecule has 4 heterocycles. The quantitative estimate of drug-likeness (QED) is 0.487. The minimum absolute atomic E-state index is 0.0101. The average molecular weight is 366 g/mol. The second kappa shape index (κ2) is 5.48. The topological polar surface area (TPSA) is 60.9 Å². The Morgan fingerprint density at radius 3 is 2.68 bits per heavy atom. The van der Waals surface area contributed by atoms with Crippen LogP contribution in [0, 0.1) is 6.92 Å². The zero-order chi connectivity index (χ0) is 18.7. The lowest BCUT2D eigenvalue weighted by molar-refractivity contribution is 0.779. The molecular weight excluding hydrogens is 348 g/mol. The van der Waals surface area contributed by atoms with E-state index in [1.54, 1.807) is 0 Å². The van der Waals surface area contributed by atoms with Crippen molar-refractivity contribution in [2.45, 2.75) is 25.2 Å². The van der Waals surface area contributed by atoms with Gasteiger partial charge < -0.3 is 0 Å². The molecule has 136 valence electrons. The van der Waals surface area contributed by atoms with Crippen molar-refractivity contribution >= 4 is 16.7 Å². The smallest absolute Gasteiger partial charge is 0.234 e.